The van der Waals surface area contributed by atoms with Gasteiger partial charge in [0, 0.05) is 16.6 Å². The first-order chi connectivity index (χ1) is 15.0. The Hall–Kier alpha value is 0.600. The average Bonchev–Trinajstić information content (AvgIpc) is 2.75. The molecular weight excluding hydrogens is 556 g/mol. The smallest absolute Gasteiger partial charge is 0.101 e. The summed E-state index contributed by atoms with van der Waals surface area (Å²) in [6.45, 7) is 9.29. The van der Waals surface area contributed by atoms with Crippen LogP contribution in [0.5, 0.6) is 0 Å². The highest BCUT2D eigenvalue weighted by molar-refractivity contribution is 9.09. The Labute approximate surface area is 209 Å². The van der Waals surface area contributed by atoms with Crippen molar-refractivity contribution in [3.05, 3.63) is 0 Å². The van der Waals surface area contributed by atoms with Crippen molar-refractivity contribution in [2.75, 3.05) is 63.5 Å². The highest BCUT2D eigenvalue weighted by atomic mass is 79.9. The first kappa shape index (κ1) is 32.6. The van der Waals surface area contributed by atoms with Crippen molar-refractivity contribution in [3.63, 3.8) is 0 Å². The van der Waals surface area contributed by atoms with E-state index in [0.717, 1.165) is 0 Å². The molecule has 0 aromatic rings. The van der Waals surface area contributed by atoms with Gasteiger partial charge in [0.25, 0.3) is 0 Å². The van der Waals surface area contributed by atoms with E-state index in [1.807, 2.05) is 27.7 Å². The lowest BCUT2D eigenvalue weighted by atomic mass is 9.93. The molecule has 11 heteroatoms. The van der Waals surface area contributed by atoms with Gasteiger partial charge in [-0.15, -0.1) is 0 Å². The summed E-state index contributed by atoms with van der Waals surface area (Å²) in [5.74, 6) is 0.0536. The lowest BCUT2D eigenvalue weighted by Crippen LogP contribution is -2.39. The van der Waals surface area contributed by atoms with Gasteiger partial charge in [-0.05, 0) is 20.8 Å². The van der Waals surface area contributed by atoms with Crippen LogP contribution in [0.1, 0.15) is 27.7 Å². The molecule has 0 aromatic heterocycles. The van der Waals surface area contributed by atoms with Crippen molar-refractivity contribution in [3.8, 4) is 0 Å². The lowest BCUT2D eigenvalue weighted by Gasteiger charge is -2.33. The summed E-state index contributed by atoms with van der Waals surface area (Å²) in [6, 6.07) is 0. The summed E-state index contributed by atoms with van der Waals surface area (Å²) in [5, 5.41) is 39.4. The van der Waals surface area contributed by atoms with Gasteiger partial charge in [0.15, 0.2) is 0 Å². The van der Waals surface area contributed by atoms with Crippen molar-refractivity contribution in [2.24, 2.45) is 5.92 Å². The van der Waals surface area contributed by atoms with E-state index in [4.69, 9.17) is 23.7 Å². The molecule has 0 amide bonds. The van der Waals surface area contributed by atoms with Crippen LogP contribution in [0.4, 0.5) is 0 Å². The average molecular weight is 598 g/mol. The van der Waals surface area contributed by atoms with Gasteiger partial charge in [-0.3, -0.25) is 0 Å². The third-order valence-electron chi connectivity index (χ3n) is 4.73. The fourth-order valence-corrected chi connectivity index (χ4v) is 2.62. The van der Waals surface area contributed by atoms with Crippen molar-refractivity contribution >= 4 is 31.9 Å². The van der Waals surface area contributed by atoms with Crippen LogP contribution in [0, 0.1) is 5.92 Å². The third-order valence-corrected chi connectivity index (χ3v) is 6.22. The Kier molecular flexibility index (Phi) is 19.2. The van der Waals surface area contributed by atoms with Gasteiger partial charge in [0.2, 0.25) is 0 Å². The molecular formula is C21H42Br2O9. The molecule has 0 spiro atoms. The van der Waals surface area contributed by atoms with E-state index in [-0.39, 0.29) is 51.7 Å². The Morgan fingerprint density at radius 3 is 1.50 bits per heavy atom. The Balaban J connectivity index is 4.00. The van der Waals surface area contributed by atoms with E-state index >= 15 is 0 Å². The SMILES string of the molecule is CC(COC(C)(C)C(C)COCC(O)COCC(O)CBr)OCC(O)COCC(O)CBr. The Morgan fingerprint density at radius 2 is 1.03 bits per heavy atom. The molecule has 194 valence electrons. The molecule has 0 radical (unpaired) electrons. The van der Waals surface area contributed by atoms with Crippen LogP contribution >= 0.6 is 31.9 Å². The molecule has 0 fully saturated rings. The number of rotatable bonds is 21. The van der Waals surface area contributed by atoms with Crippen molar-refractivity contribution < 1.29 is 44.1 Å². The molecule has 6 unspecified atom stereocenters. The maximum atomic E-state index is 9.89. The van der Waals surface area contributed by atoms with Crippen molar-refractivity contribution in [1.29, 1.82) is 0 Å². The maximum absolute atomic E-state index is 9.89. The highest BCUT2D eigenvalue weighted by Crippen LogP contribution is 2.22. The normalized spacial score (nSPS) is 18.2. The number of hydrogen-bond donors (Lipinski definition) is 4. The molecule has 0 heterocycles. The monoisotopic (exact) mass is 596 g/mol. The van der Waals surface area contributed by atoms with Gasteiger partial charge in [0.1, 0.15) is 12.2 Å². The minimum atomic E-state index is -0.779. The quantitative estimate of drug-likeness (QED) is 0.144. The molecule has 0 rings (SSSR count). The van der Waals surface area contributed by atoms with Gasteiger partial charge < -0.3 is 44.1 Å². The van der Waals surface area contributed by atoms with Gasteiger partial charge in [-0.2, -0.15) is 0 Å². The van der Waals surface area contributed by atoms with E-state index in [0.29, 0.717) is 23.9 Å². The molecule has 6 atom stereocenters. The molecule has 0 aliphatic heterocycles. The zero-order valence-electron chi connectivity index (χ0n) is 19.6. The minimum absolute atomic E-state index is 0.0536. The van der Waals surface area contributed by atoms with Crippen LogP contribution in [-0.2, 0) is 23.7 Å². The summed E-state index contributed by atoms with van der Waals surface area (Å²) < 4.78 is 27.7. The largest absolute Gasteiger partial charge is 0.390 e. The zero-order valence-corrected chi connectivity index (χ0v) is 22.8. The van der Waals surface area contributed by atoms with E-state index in [1.54, 1.807) is 0 Å². The second-order valence-electron chi connectivity index (χ2n) is 8.50. The van der Waals surface area contributed by atoms with Crippen LogP contribution in [0.3, 0.4) is 0 Å². The summed E-state index contributed by atoms with van der Waals surface area (Å²) in [6.07, 6.45) is -2.96. The van der Waals surface area contributed by atoms with Gasteiger partial charge >= 0.3 is 0 Å². The standard InChI is InChI=1S/C21H42Br2O9/c1-15(7-28-11-19(26)12-29-9-17(24)5-22)21(3,4)32-8-16(2)31-14-20(27)13-30-10-18(25)6-23/h15-20,24-27H,5-14H2,1-4H3. The molecule has 0 aliphatic rings. The Morgan fingerprint density at radius 1 is 0.625 bits per heavy atom. The predicted octanol–water partition coefficient (Wildman–Crippen LogP) is 1.11. The van der Waals surface area contributed by atoms with E-state index in [2.05, 4.69) is 31.9 Å². The zero-order chi connectivity index (χ0) is 24.6. The first-order valence-electron chi connectivity index (χ1n) is 10.8. The molecule has 0 aromatic carbocycles. The van der Waals surface area contributed by atoms with Crippen LogP contribution < -0.4 is 0 Å². The molecule has 4 N–H and O–H groups in total. The maximum Gasteiger partial charge on any atom is 0.101 e. The number of aliphatic hydroxyl groups excluding tert-OH is 4. The van der Waals surface area contributed by atoms with Crippen LogP contribution in [0.15, 0.2) is 0 Å². The number of hydrogen-bond acceptors (Lipinski definition) is 9. The minimum Gasteiger partial charge on any atom is -0.390 e. The predicted molar refractivity (Wildman–Crippen MR) is 129 cm³/mol. The van der Waals surface area contributed by atoms with Gasteiger partial charge in [-0.1, -0.05) is 38.8 Å². The topological polar surface area (TPSA) is 127 Å². The van der Waals surface area contributed by atoms with Crippen LogP contribution in [-0.4, -0.2) is 120 Å². The molecule has 0 aliphatic carbocycles. The van der Waals surface area contributed by atoms with Crippen LogP contribution in [0.2, 0.25) is 0 Å². The van der Waals surface area contributed by atoms with Gasteiger partial charge in [-0.25, -0.2) is 0 Å². The summed E-state index contributed by atoms with van der Waals surface area (Å²) in [5.41, 5.74) is -0.480. The molecule has 0 saturated carbocycles. The van der Waals surface area contributed by atoms with E-state index in [1.165, 1.54) is 0 Å². The highest BCUT2D eigenvalue weighted by Gasteiger charge is 2.28. The fourth-order valence-electron chi connectivity index (χ4n) is 2.24. The fraction of sp³-hybridized carbons (Fsp3) is 1.00. The molecule has 32 heavy (non-hydrogen) atoms. The third kappa shape index (κ3) is 17.1. The first-order valence-corrected chi connectivity index (χ1v) is 13.1. The summed E-state index contributed by atoms with van der Waals surface area (Å²) >= 11 is 6.29. The molecule has 0 saturated heterocycles. The number of alkyl halides is 2. The summed E-state index contributed by atoms with van der Waals surface area (Å²) in [4.78, 5) is 0. The molecule has 0 bridgehead atoms. The van der Waals surface area contributed by atoms with Crippen molar-refractivity contribution in [1.82, 2.24) is 0 Å². The second-order valence-corrected chi connectivity index (χ2v) is 9.79. The van der Waals surface area contributed by atoms with Gasteiger partial charge in [0.05, 0.1) is 76.8 Å². The lowest BCUT2D eigenvalue weighted by molar-refractivity contribution is -0.125. The number of halogens is 2. The van der Waals surface area contributed by atoms with E-state index in [9.17, 15) is 20.4 Å². The van der Waals surface area contributed by atoms with Crippen LogP contribution in [0.25, 0.3) is 0 Å². The number of aliphatic hydroxyl groups is 4. The molecule has 9 nitrogen and oxygen atoms in total. The number of ether oxygens (including phenoxy) is 5. The summed E-state index contributed by atoms with van der Waals surface area (Å²) in [7, 11) is 0. The second kappa shape index (κ2) is 18.9. The Bertz CT molecular complexity index is 445. The van der Waals surface area contributed by atoms with Crippen molar-refractivity contribution in [2.45, 2.75) is 63.8 Å². The van der Waals surface area contributed by atoms with E-state index < -0.39 is 30.0 Å².